The number of esters is 1. The van der Waals surface area contributed by atoms with Crippen molar-refractivity contribution < 1.29 is 14.3 Å². The van der Waals surface area contributed by atoms with Gasteiger partial charge in [-0.2, -0.15) is 0 Å². The first-order chi connectivity index (χ1) is 6.65. The zero-order valence-corrected chi connectivity index (χ0v) is 9.55. The first kappa shape index (κ1) is 13.0. The molecule has 0 aliphatic rings. The zero-order valence-electron chi connectivity index (χ0n) is 9.55. The smallest absolute Gasteiger partial charge is 0.313 e. The molecule has 0 aliphatic carbocycles. The Morgan fingerprint density at radius 2 is 1.64 bits per heavy atom. The highest BCUT2D eigenvalue weighted by molar-refractivity contribution is 5.72. The first-order valence-electron chi connectivity index (χ1n) is 5.12. The molecule has 0 atom stereocenters. The monoisotopic (exact) mass is 200 g/mol. The van der Waals surface area contributed by atoms with E-state index in [2.05, 4.69) is 0 Å². The van der Waals surface area contributed by atoms with Crippen LogP contribution in [-0.2, 0) is 14.3 Å². The van der Waals surface area contributed by atoms with Crippen LogP contribution in [0.2, 0.25) is 0 Å². The lowest BCUT2D eigenvalue weighted by Gasteiger charge is -2.11. The quantitative estimate of drug-likeness (QED) is 0.488. The Hall–Kier alpha value is -0.990. The number of carbonyl (C=O) groups is 1. The minimum atomic E-state index is -0.219. The van der Waals surface area contributed by atoms with Crippen LogP contribution in [0.15, 0.2) is 11.3 Å². The summed E-state index contributed by atoms with van der Waals surface area (Å²) in [6, 6.07) is 0. The summed E-state index contributed by atoms with van der Waals surface area (Å²) in [5.74, 6) is 0.539. The molecule has 82 valence electrons. The predicted molar refractivity (Wildman–Crippen MR) is 55.9 cm³/mol. The molecule has 0 heterocycles. The summed E-state index contributed by atoms with van der Waals surface area (Å²) in [5.41, 5.74) is 1.11. The van der Waals surface area contributed by atoms with Crippen molar-refractivity contribution in [2.24, 2.45) is 0 Å². The van der Waals surface area contributed by atoms with Crippen LogP contribution in [0.5, 0.6) is 0 Å². The molecule has 3 nitrogen and oxygen atoms in total. The fourth-order valence-electron chi connectivity index (χ4n) is 1.04. The maximum absolute atomic E-state index is 11.2. The van der Waals surface area contributed by atoms with Crippen LogP contribution in [0.3, 0.4) is 0 Å². The summed E-state index contributed by atoms with van der Waals surface area (Å²) in [6.07, 6.45) is 1.15. The van der Waals surface area contributed by atoms with Gasteiger partial charge in [-0.3, -0.25) is 4.79 Å². The molecule has 0 rings (SSSR count). The van der Waals surface area contributed by atoms with E-state index in [1.807, 2.05) is 20.8 Å². The molecule has 0 N–H and O–H groups in total. The summed E-state index contributed by atoms with van der Waals surface area (Å²) in [6.45, 7) is 8.74. The van der Waals surface area contributed by atoms with Crippen LogP contribution in [0.25, 0.3) is 0 Å². The summed E-state index contributed by atoms with van der Waals surface area (Å²) in [5, 5.41) is 0. The van der Waals surface area contributed by atoms with Gasteiger partial charge in [0.15, 0.2) is 0 Å². The van der Waals surface area contributed by atoms with Gasteiger partial charge in [-0.25, -0.2) is 0 Å². The van der Waals surface area contributed by atoms with Crippen molar-refractivity contribution >= 4 is 5.97 Å². The maximum Gasteiger partial charge on any atom is 0.313 e. The van der Waals surface area contributed by atoms with Crippen molar-refractivity contribution in [3.63, 3.8) is 0 Å². The second-order valence-electron chi connectivity index (χ2n) is 2.97. The third-order valence-corrected chi connectivity index (χ3v) is 1.94. The van der Waals surface area contributed by atoms with Gasteiger partial charge in [0.25, 0.3) is 0 Å². The van der Waals surface area contributed by atoms with Gasteiger partial charge in [-0.05, 0) is 32.8 Å². The van der Waals surface area contributed by atoms with Gasteiger partial charge >= 0.3 is 5.97 Å². The van der Waals surface area contributed by atoms with E-state index in [-0.39, 0.29) is 12.4 Å². The van der Waals surface area contributed by atoms with Crippen LogP contribution < -0.4 is 0 Å². The fraction of sp³-hybridized carbons (Fsp3) is 0.727. The number of allylic oxidation sites excluding steroid dienone is 1. The van der Waals surface area contributed by atoms with Gasteiger partial charge in [0.1, 0.15) is 12.2 Å². The normalized spacial score (nSPS) is 12.0. The Balaban J connectivity index is 4.30. The average Bonchev–Trinajstić information content (AvgIpc) is 2.16. The van der Waals surface area contributed by atoms with E-state index in [1.165, 1.54) is 0 Å². The first-order valence-corrected chi connectivity index (χ1v) is 5.12. The molecule has 3 heteroatoms. The molecule has 0 unspecified atom stereocenters. The molecule has 0 aromatic rings. The third-order valence-electron chi connectivity index (χ3n) is 1.94. The van der Waals surface area contributed by atoms with Crippen molar-refractivity contribution in [3.05, 3.63) is 11.3 Å². The molecule has 0 fully saturated rings. The van der Waals surface area contributed by atoms with Crippen LogP contribution in [-0.4, -0.2) is 19.2 Å². The number of hydrogen-bond donors (Lipinski definition) is 0. The molecule has 0 amide bonds. The highest BCUT2D eigenvalue weighted by Crippen LogP contribution is 2.14. The van der Waals surface area contributed by atoms with E-state index in [9.17, 15) is 4.79 Å². The lowest BCUT2D eigenvalue weighted by atomic mass is 10.1. The molecule has 0 aromatic heterocycles. The van der Waals surface area contributed by atoms with Crippen molar-refractivity contribution in [1.29, 1.82) is 0 Å². The minimum absolute atomic E-state index is 0.219. The van der Waals surface area contributed by atoms with Gasteiger partial charge in [0.2, 0.25) is 0 Å². The molecule has 0 bridgehead atoms. The van der Waals surface area contributed by atoms with Crippen LogP contribution in [0, 0.1) is 0 Å². The Morgan fingerprint density at radius 1 is 1.07 bits per heavy atom. The van der Waals surface area contributed by atoms with Crippen LogP contribution >= 0.6 is 0 Å². The van der Waals surface area contributed by atoms with E-state index >= 15 is 0 Å². The van der Waals surface area contributed by atoms with E-state index < -0.39 is 0 Å². The SMILES string of the molecule is CCOC(=O)CC(OCC)=C(C)CC. The molecule has 0 saturated carbocycles. The average molecular weight is 200 g/mol. The topological polar surface area (TPSA) is 35.5 Å². The summed E-state index contributed by atoms with van der Waals surface area (Å²) < 4.78 is 10.3. The Kier molecular flexibility index (Phi) is 6.89. The molecule has 14 heavy (non-hydrogen) atoms. The van der Waals surface area contributed by atoms with E-state index in [0.717, 1.165) is 17.8 Å². The van der Waals surface area contributed by atoms with Crippen molar-refractivity contribution in [2.75, 3.05) is 13.2 Å². The van der Waals surface area contributed by atoms with Crippen LogP contribution in [0.1, 0.15) is 40.5 Å². The second kappa shape index (κ2) is 7.42. The van der Waals surface area contributed by atoms with E-state index in [4.69, 9.17) is 9.47 Å². The second-order valence-corrected chi connectivity index (χ2v) is 2.97. The van der Waals surface area contributed by atoms with Crippen molar-refractivity contribution in [1.82, 2.24) is 0 Å². The van der Waals surface area contributed by atoms with Crippen molar-refractivity contribution in [3.8, 4) is 0 Å². The molecule has 0 aromatic carbocycles. The van der Waals surface area contributed by atoms with Gasteiger partial charge < -0.3 is 9.47 Å². The largest absolute Gasteiger partial charge is 0.498 e. The minimum Gasteiger partial charge on any atom is -0.498 e. The lowest BCUT2D eigenvalue weighted by molar-refractivity contribution is -0.143. The van der Waals surface area contributed by atoms with E-state index in [1.54, 1.807) is 6.92 Å². The highest BCUT2D eigenvalue weighted by Gasteiger charge is 2.09. The molecular weight excluding hydrogens is 180 g/mol. The van der Waals surface area contributed by atoms with E-state index in [0.29, 0.717) is 13.2 Å². The summed E-state index contributed by atoms with van der Waals surface area (Å²) in [4.78, 5) is 11.2. The number of hydrogen-bond acceptors (Lipinski definition) is 3. The summed E-state index contributed by atoms with van der Waals surface area (Å²) in [7, 11) is 0. The molecule has 0 radical (unpaired) electrons. The summed E-state index contributed by atoms with van der Waals surface area (Å²) >= 11 is 0. The Labute approximate surface area is 86.1 Å². The van der Waals surface area contributed by atoms with Crippen molar-refractivity contribution in [2.45, 2.75) is 40.5 Å². The third kappa shape index (κ3) is 4.90. The standard InChI is InChI=1S/C11H20O3/c1-5-9(4)10(13-6-2)8-11(12)14-7-3/h5-8H2,1-4H3. The molecule has 0 aliphatic heterocycles. The Bertz CT molecular complexity index is 207. The van der Waals surface area contributed by atoms with Gasteiger partial charge in [0, 0.05) is 0 Å². The molecule has 0 spiro atoms. The van der Waals surface area contributed by atoms with Gasteiger partial charge in [-0.1, -0.05) is 6.92 Å². The van der Waals surface area contributed by atoms with Gasteiger partial charge in [0.05, 0.1) is 13.2 Å². The Morgan fingerprint density at radius 3 is 2.07 bits per heavy atom. The fourth-order valence-corrected chi connectivity index (χ4v) is 1.04. The predicted octanol–water partition coefficient (Wildman–Crippen LogP) is 2.66. The van der Waals surface area contributed by atoms with Gasteiger partial charge in [-0.15, -0.1) is 0 Å². The molecule has 0 saturated heterocycles. The molecular formula is C11H20O3. The lowest BCUT2D eigenvalue weighted by Crippen LogP contribution is -2.08. The maximum atomic E-state index is 11.2. The van der Waals surface area contributed by atoms with Crippen LogP contribution in [0.4, 0.5) is 0 Å². The zero-order chi connectivity index (χ0) is 11.0. The number of rotatable bonds is 6. The number of carbonyl (C=O) groups excluding carboxylic acids is 1. The highest BCUT2D eigenvalue weighted by atomic mass is 16.5. The number of ether oxygens (including phenoxy) is 2.